The fourth-order valence-corrected chi connectivity index (χ4v) is 9.13. The Hall–Kier alpha value is -5.86. The molecule has 7 aromatic carbocycles. The Morgan fingerprint density at radius 3 is 1.64 bits per heavy atom. The summed E-state index contributed by atoms with van der Waals surface area (Å²) in [7, 11) is 0. The first-order valence-electron chi connectivity index (χ1n) is 17.7. The molecule has 0 atom stereocenters. The summed E-state index contributed by atoms with van der Waals surface area (Å²) in [6.45, 7) is 9.46. The second-order valence-electron chi connectivity index (χ2n) is 15.0. The van der Waals surface area contributed by atoms with Gasteiger partial charge in [0.25, 0.3) is 0 Å². The van der Waals surface area contributed by atoms with Gasteiger partial charge in [0.1, 0.15) is 0 Å². The number of rotatable bonds is 4. The van der Waals surface area contributed by atoms with Crippen LogP contribution in [0.3, 0.4) is 0 Å². The predicted molar refractivity (Wildman–Crippen MR) is 211 cm³/mol. The second kappa shape index (κ2) is 10.3. The van der Waals surface area contributed by atoms with E-state index in [1.54, 1.807) is 0 Å². The van der Waals surface area contributed by atoms with Crippen molar-refractivity contribution < 1.29 is 0 Å². The molecule has 1 heterocycles. The highest BCUT2D eigenvalue weighted by molar-refractivity contribution is 6.09. The summed E-state index contributed by atoms with van der Waals surface area (Å²) in [4.78, 5) is 2.49. The van der Waals surface area contributed by atoms with E-state index in [4.69, 9.17) is 0 Å². The molecule has 0 aliphatic heterocycles. The molecule has 0 saturated heterocycles. The number of fused-ring (bicyclic) bond motifs is 9. The largest absolute Gasteiger partial charge is 0.310 e. The lowest BCUT2D eigenvalue weighted by Gasteiger charge is -2.30. The number of hydrogen-bond acceptors (Lipinski definition) is 1. The van der Waals surface area contributed by atoms with Gasteiger partial charge < -0.3 is 9.47 Å². The van der Waals surface area contributed by atoms with Gasteiger partial charge in [0.15, 0.2) is 0 Å². The minimum absolute atomic E-state index is 0.0877. The monoisotopic (exact) mass is 642 g/mol. The van der Waals surface area contributed by atoms with Gasteiger partial charge in [-0.1, -0.05) is 131 Å². The van der Waals surface area contributed by atoms with Crippen molar-refractivity contribution in [3.63, 3.8) is 0 Å². The maximum absolute atomic E-state index is 2.49. The number of hydrogen-bond donors (Lipinski definition) is 0. The molecule has 2 aliphatic rings. The van der Waals surface area contributed by atoms with E-state index in [2.05, 4.69) is 195 Å². The number of para-hydroxylation sites is 2. The van der Waals surface area contributed by atoms with Gasteiger partial charge in [-0.3, -0.25) is 0 Å². The van der Waals surface area contributed by atoms with Gasteiger partial charge in [0, 0.05) is 44.2 Å². The zero-order valence-electron chi connectivity index (χ0n) is 28.9. The highest BCUT2D eigenvalue weighted by Gasteiger charge is 2.39. The van der Waals surface area contributed by atoms with Crippen LogP contribution in [0.2, 0.25) is 0 Å². The Morgan fingerprint density at radius 2 is 0.940 bits per heavy atom. The molecule has 2 nitrogen and oxygen atoms in total. The number of nitrogens with zero attached hydrogens (tertiary/aromatic N) is 2. The fraction of sp³-hybridized carbons (Fsp3) is 0.125. The van der Waals surface area contributed by atoms with Crippen LogP contribution in [0.15, 0.2) is 158 Å². The van der Waals surface area contributed by atoms with Gasteiger partial charge in [0.2, 0.25) is 0 Å². The molecule has 0 bridgehead atoms. The zero-order valence-corrected chi connectivity index (χ0v) is 28.9. The van der Waals surface area contributed by atoms with E-state index < -0.39 is 0 Å². The van der Waals surface area contributed by atoms with Gasteiger partial charge in [-0.05, 0) is 93.5 Å². The minimum atomic E-state index is -0.0960. The van der Waals surface area contributed by atoms with Crippen molar-refractivity contribution in [1.82, 2.24) is 4.57 Å². The van der Waals surface area contributed by atoms with Gasteiger partial charge in [0.05, 0.1) is 16.7 Å². The molecule has 2 aliphatic carbocycles. The van der Waals surface area contributed by atoms with Crippen molar-refractivity contribution in [2.75, 3.05) is 4.90 Å². The topological polar surface area (TPSA) is 8.17 Å². The lowest BCUT2D eigenvalue weighted by molar-refractivity contribution is 0.660. The number of aromatic nitrogens is 1. The third-order valence-corrected chi connectivity index (χ3v) is 11.6. The molecule has 0 N–H and O–H groups in total. The van der Waals surface area contributed by atoms with Crippen molar-refractivity contribution in [3.8, 4) is 27.9 Å². The lowest BCUT2D eigenvalue weighted by Crippen LogP contribution is -2.17. The summed E-state index contributed by atoms with van der Waals surface area (Å²) in [5, 5.41) is 2.55. The van der Waals surface area contributed by atoms with E-state index in [-0.39, 0.29) is 10.8 Å². The maximum Gasteiger partial charge on any atom is 0.0543 e. The van der Waals surface area contributed by atoms with Gasteiger partial charge >= 0.3 is 0 Å². The van der Waals surface area contributed by atoms with Crippen LogP contribution in [0.1, 0.15) is 49.9 Å². The zero-order chi connectivity index (χ0) is 33.8. The average molecular weight is 643 g/mol. The Kier molecular flexibility index (Phi) is 6.01. The molecule has 240 valence electrons. The van der Waals surface area contributed by atoms with Crippen molar-refractivity contribution in [2.24, 2.45) is 0 Å². The van der Waals surface area contributed by atoms with E-state index in [0.717, 1.165) is 11.4 Å². The lowest BCUT2D eigenvalue weighted by atomic mass is 9.82. The van der Waals surface area contributed by atoms with Crippen molar-refractivity contribution in [3.05, 3.63) is 180 Å². The molecular weight excluding hydrogens is 605 g/mol. The van der Waals surface area contributed by atoms with Crippen LogP contribution in [0, 0.1) is 0 Å². The molecular formula is C48H38N2. The van der Waals surface area contributed by atoms with E-state index in [9.17, 15) is 0 Å². The van der Waals surface area contributed by atoms with Crippen molar-refractivity contribution in [2.45, 2.75) is 38.5 Å². The first-order valence-corrected chi connectivity index (χ1v) is 17.7. The molecule has 0 radical (unpaired) electrons. The summed E-state index contributed by atoms with van der Waals surface area (Å²) in [5.41, 5.74) is 17.8. The molecule has 1 aromatic heterocycles. The summed E-state index contributed by atoms with van der Waals surface area (Å²) in [6.07, 6.45) is 0. The quantitative estimate of drug-likeness (QED) is 0.185. The molecule has 10 rings (SSSR count). The smallest absolute Gasteiger partial charge is 0.0543 e. The second-order valence-corrected chi connectivity index (χ2v) is 15.0. The molecule has 0 amide bonds. The van der Waals surface area contributed by atoms with Crippen molar-refractivity contribution in [1.29, 1.82) is 0 Å². The number of benzene rings is 7. The molecule has 50 heavy (non-hydrogen) atoms. The Labute approximate surface area is 293 Å². The normalized spacial score (nSPS) is 14.7. The molecule has 0 unspecified atom stereocenters. The first kappa shape index (κ1) is 29.1. The molecule has 0 fully saturated rings. The van der Waals surface area contributed by atoms with Crippen LogP contribution in [0.5, 0.6) is 0 Å². The van der Waals surface area contributed by atoms with Gasteiger partial charge in [-0.25, -0.2) is 0 Å². The average Bonchev–Trinajstić information content (AvgIpc) is 3.70. The number of anilines is 3. The summed E-state index contributed by atoms with van der Waals surface area (Å²) in [6, 6.07) is 58.5. The van der Waals surface area contributed by atoms with E-state index in [1.165, 1.54) is 77.7 Å². The highest BCUT2D eigenvalue weighted by atomic mass is 15.1. The third kappa shape index (κ3) is 3.91. The van der Waals surface area contributed by atoms with Crippen LogP contribution >= 0.6 is 0 Å². The summed E-state index contributed by atoms with van der Waals surface area (Å²) in [5.74, 6) is 0. The van der Waals surface area contributed by atoms with Crippen LogP contribution < -0.4 is 4.90 Å². The van der Waals surface area contributed by atoms with Crippen molar-refractivity contribution >= 4 is 38.9 Å². The summed E-state index contributed by atoms with van der Waals surface area (Å²) >= 11 is 0. The van der Waals surface area contributed by atoms with Crippen LogP contribution in [0.25, 0.3) is 49.7 Å². The van der Waals surface area contributed by atoms with E-state index in [1.807, 2.05) is 0 Å². The maximum atomic E-state index is 2.49. The van der Waals surface area contributed by atoms with Crippen LogP contribution in [0.4, 0.5) is 17.1 Å². The Balaban J connectivity index is 1.19. The highest BCUT2D eigenvalue weighted by Crippen LogP contribution is 2.55. The van der Waals surface area contributed by atoms with Crippen LogP contribution in [-0.4, -0.2) is 4.57 Å². The molecule has 8 aromatic rings. The molecule has 0 saturated carbocycles. The van der Waals surface area contributed by atoms with E-state index in [0.29, 0.717) is 0 Å². The Bertz CT molecular complexity index is 2600. The predicted octanol–water partition coefficient (Wildman–Crippen LogP) is 12.9. The molecule has 0 spiro atoms. The third-order valence-electron chi connectivity index (χ3n) is 11.6. The SMILES string of the molecule is CC1(C)c2ccccc2-c2ccc(N(c3ccc(-n4c5ccccc5c5ccccc54)cc3)c3cccc4c3-c3ccccc3C4(C)C)cc21. The van der Waals surface area contributed by atoms with E-state index >= 15 is 0 Å². The standard InChI is InChI=1S/C48H38N2/c1-47(2)40-19-10-6-17-38(40)46-41(47)20-13-23-45(46)49(33-28-29-35-34-14-5-9-18-39(34)48(3,4)42(35)30-33)31-24-26-32(27-25-31)50-43-21-11-7-15-36(43)37-16-8-12-22-44(37)50/h5-30H,1-4H3. The minimum Gasteiger partial charge on any atom is -0.310 e. The Morgan fingerprint density at radius 1 is 0.420 bits per heavy atom. The first-order chi connectivity index (χ1) is 24.3. The van der Waals surface area contributed by atoms with Gasteiger partial charge in [-0.2, -0.15) is 0 Å². The van der Waals surface area contributed by atoms with Crippen LogP contribution in [-0.2, 0) is 10.8 Å². The summed E-state index contributed by atoms with van der Waals surface area (Å²) < 4.78 is 2.40. The molecule has 2 heteroatoms. The van der Waals surface area contributed by atoms with Gasteiger partial charge in [-0.15, -0.1) is 0 Å². The fourth-order valence-electron chi connectivity index (χ4n) is 9.13.